The number of benzene rings is 2. The first-order valence-electron chi connectivity index (χ1n) is 10.1. The summed E-state index contributed by atoms with van der Waals surface area (Å²) in [5.74, 6) is 0.00311. The van der Waals surface area contributed by atoms with Crippen molar-refractivity contribution in [2.75, 3.05) is 31.4 Å². The van der Waals surface area contributed by atoms with Gasteiger partial charge in [-0.25, -0.2) is 14.4 Å². The molecule has 1 atom stereocenters. The number of nitrogens with one attached hydrogen (secondary N) is 3. The minimum absolute atomic E-state index is 0.310. The van der Waals surface area contributed by atoms with Crippen LogP contribution in [0.2, 0.25) is 0 Å². The molecule has 3 rings (SSSR count). The van der Waals surface area contributed by atoms with Crippen LogP contribution in [0, 0.1) is 0 Å². The minimum atomic E-state index is -0.711. The van der Waals surface area contributed by atoms with Gasteiger partial charge in [0, 0.05) is 17.9 Å². The SMILES string of the molecule is CCN1C(=O)NC(c2cccc(NC(=O)Nc3ccccc3OC)c2)C(C(=O)OC)=C1C. The topological polar surface area (TPSA) is 109 Å². The van der Waals surface area contributed by atoms with E-state index in [1.807, 2.05) is 6.92 Å². The Labute approximate surface area is 186 Å². The molecular formula is C23H26N4O5. The number of urea groups is 2. The van der Waals surface area contributed by atoms with Gasteiger partial charge in [-0.1, -0.05) is 24.3 Å². The quantitative estimate of drug-likeness (QED) is 0.593. The highest BCUT2D eigenvalue weighted by molar-refractivity contribution is 6.01. The monoisotopic (exact) mass is 438 g/mol. The summed E-state index contributed by atoms with van der Waals surface area (Å²) in [6.45, 7) is 3.95. The van der Waals surface area contributed by atoms with Crippen molar-refractivity contribution in [3.63, 3.8) is 0 Å². The number of para-hydroxylation sites is 2. The van der Waals surface area contributed by atoms with E-state index in [2.05, 4.69) is 16.0 Å². The molecule has 2 aromatic rings. The van der Waals surface area contributed by atoms with Crippen LogP contribution in [0.4, 0.5) is 21.0 Å². The van der Waals surface area contributed by atoms with Gasteiger partial charge in [-0.3, -0.25) is 4.90 Å². The molecule has 32 heavy (non-hydrogen) atoms. The summed E-state index contributed by atoms with van der Waals surface area (Å²) in [7, 11) is 2.82. The number of amides is 4. The molecule has 1 unspecified atom stereocenters. The zero-order valence-corrected chi connectivity index (χ0v) is 18.4. The van der Waals surface area contributed by atoms with Crippen LogP contribution in [-0.4, -0.2) is 43.7 Å². The molecule has 3 N–H and O–H groups in total. The molecule has 2 aromatic carbocycles. The van der Waals surface area contributed by atoms with Crippen molar-refractivity contribution in [3.05, 3.63) is 65.4 Å². The number of esters is 1. The van der Waals surface area contributed by atoms with Gasteiger partial charge < -0.3 is 25.4 Å². The first kappa shape index (κ1) is 22.7. The van der Waals surface area contributed by atoms with Crippen LogP contribution in [0.15, 0.2) is 59.8 Å². The fourth-order valence-electron chi connectivity index (χ4n) is 3.62. The second-order valence-corrected chi connectivity index (χ2v) is 7.02. The van der Waals surface area contributed by atoms with E-state index in [-0.39, 0.29) is 6.03 Å². The molecule has 0 bridgehead atoms. The Morgan fingerprint density at radius 1 is 1.09 bits per heavy atom. The Hall–Kier alpha value is -4.01. The van der Waals surface area contributed by atoms with Crippen LogP contribution >= 0.6 is 0 Å². The molecule has 4 amide bonds. The molecule has 9 heteroatoms. The molecule has 1 aliphatic rings. The molecule has 0 spiro atoms. The summed E-state index contributed by atoms with van der Waals surface area (Å²) in [5.41, 5.74) is 2.51. The van der Waals surface area contributed by atoms with Gasteiger partial charge in [0.2, 0.25) is 0 Å². The number of nitrogens with zero attached hydrogens (tertiary/aromatic N) is 1. The summed E-state index contributed by atoms with van der Waals surface area (Å²) >= 11 is 0. The number of allylic oxidation sites excluding steroid dienone is 1. The maximum absolute atomic E-state index is 12.5. The number of carbonyl (C=O) groups is 3. The third-order valence-electron chi connectivity index (χ3n) is 5.15. The van der Waals surface area contributed by atoms with Gasteiger partial charge in [-0.15, -0.1) is 0 Å². The number of rotatable bonds is 6. The number of ether oxygens (including phenoxy) is 2. The van der Waals surface area contributed by atoms with Gasteiger partial charge in [0.1, 0.15) is 5.75 Å². The average Bonchev–Trinajstić information content (AvgIpc) is 2.79. The fraction of sp³-hybridized carbons (Fsp3) is 0.261. The lowest BCUT2D eigenvalue weighted by atomic mass is 9.94. The molecule has 0 aliphatic carbocycles. The van der Waals surface area contributed by atoms with Gasteiger partial charge in [0.25, 0.3) is 0 Å². The standard InChI is InChI=1S/C23H26N4O5/c1-5-27-14(2)19(21(28)32-4)20(26-23(27)30)15-9-8-10-16(13-15)24-22(29)25-17-11-6-7-12-18(17)31-3/h6-13,20H,5H2,1-4H3,(H,26,30)(H2,24,25,29). The van der Waals surface area contributed by atoms with Crippen LogP contribution in [0.25, 0.3) is 0 Å². The third-order valence-corrected chi connectivity index (χ3v) is 5.15. The molecular weight excluding hydrogens is 412 g/mol. The highest BCUT2D eigenvalue weighted by Crippen LogP contribution is 2.32. The molecule has 9 nitrogen and oxygen atoms in total. The normalized spacial score (nSPS) is 15.7. The summed E-state index contributed by atoms with van der Waals surface area (Å²) in [4.78, 5) is 39.0. The van der Waals surface area contributed by atoms with Gasteiger partial charge in [0.05, 0.1) is 31.5 Å². The number of hydrogen-bond donors (Lipinski definition) is 3. The summed E-state index contributed by atoms with van der Waals surface area (Å²) < 4.78 is 10.2. The van der Waals surface area contributed by atoms with E-state index in [0.29, 0.717) is 40.5 Å². The maximum atomic E-state index is 12.5. The Balaban J connectivity index is 1.86. The van der Waals surface area contributed by atoms with E-state index in [9.17, 15) is 14.4 Å². The van der Waals surface area contributed by atoms with Crippen molar-refractivity contribution in [2.45, 2.75) is 19.9 Å². The minimum Gasteiger partial charge on any atom is -0.495 e. The third kappa shape index (κ3) is 4.66. The predicted octanol–water partition coefficient (Wildman–Crippen LogP) is 3.87. The molecule has 1 heterocycles. The van der Waals surface area contributed by atoms with E-state index < -0.39 is 18.0 Å². The summed E-state index contributed by atoms with van der Waals surface area (Å²) in [6, 6.07) is 12.5. The summed E-state index contributed by atoms with van der Waals surface area (Å²) in [5, 5.41) is 8.35. The summed E-state index contributed by atoms with van der Waals surface area (Å²) in [6.07, 6.45) is 0. The fourth-order valence-corrected chi connectivity index (χ4v) is 3.62. The zero-order chi connectivity index (χ0) is 23.3. The van der Waals surface area contributed by atoms with E-state index in [0.717, 1.165) is 0 Å². The van der Waals surface area contributed by atoms with E-state index in [1.54, 1.807) is 55.5 Å². The molecule has 1 aliphatic heterocycles. The van der Waals surface area contributed by atoms with Gasteiger partial charge in [-0.2, -0.15) is 0 Å². The predicted molar refractivity (Wildman–Crippen MR) is 120 cm³/mol. The Morgan fingerprint density at radius 3 is 2.53 bits per heavy atom. The smallest absolute Gasteiger partial charge is 0.337 e. The molecule has 0 fully saturated rings. The molecule has 168 valence electrons. The second-order valence-electron chi connectivity index (χ2n) is 7.02. The van der Waals surface area contributed by atoms with Crippen LogP contribution in [0.5, 0.6) is 5.75 Å². The van der Waals surface area contributed by atoms with E-state index in [4.69, 9.17) is 9.47 Å². The van der Waals surface area contributed by atoms with Gasteiger partial charge >= 0.3 is 18.0 Å². The molecule has 0 saturated carbocycles. The Morgan fingerprint density at radius 2 is 1.84 bits per heavy atom. The Kier molecular flexibility index (Phi) is 6.99. The van der Waals surface area contributed by atoms with E-state index >= 15 is 0 Å². The Bertz CT molecular complexity index is 1070. The number of anilines is 2. The van der Waals surface area contributed by atoms with Crippen molar-refractivity contribution < 1.29 is 23.9 Å². The number of methoxy groups -OCH3 is 2. The van der Waals surface area contributed by atoms with E-state index in [1.165, 1.54) is 19.1 Å². The zero-order valence-electron chi connectivity index (χ0n) is 18.4. The lowest BCUT2D eigenvalue weighted by Gasteiger charge is -2.34. The lowest BCUT2D eigenvalue weighted by molar-refractivity contribution is -0.136. The highest BCUT2D eigenvalue weighted by atomic mass is 16.5. The second kappa shape index (κ2) is 9.86. The van der Waals surface area contributed by atoms with Crippen molar-refractivity contribution in [3.8, 4) is 5.75 Å². The highest BCUT2D eigenvalue weighted by Gasteiger charge is 2.35. The van der Waals surface area contributed by atoms with Crippen LogP contribution in [-0.2, 0) is 9.53 Å². The molecule has 0 aromatic heterocycles. The van der Waals surface area contributed by atoms with Crippen molar-refractivity contribution in [2.24, 2.45) is 0 Å². The van der Waals surface area contributed by atoms with Crippen LogP contribution in [0.1, 0.15) is 25.5 Å². The molecule has 0 radical (unpaired) electrons. The first-order valence-corrected chi connectivity index (χ1v) is 10.1. The average molecular weight is 438 g/mol. The van der Waals surface area contributed by atoms with Crippen molar-refractivity contribution in [1.82, 2.24) is 10.2 Å². The molecule has 0 saturated heterocycles. The number of hydrogen-bond acceptors (Lipinski definition) is 5. The van der Waals surface area contributed by atoms with Crippen molar-refractivity contribution >= 4 is 29.4 Å². The van der Waals surface area contributed by atoms with Crippen LogP contribution in [0.3, 0.4) is 0 Å². The van der Waals surface area contributed by atoms with Gasteiger partial charge in [-0.05, 0) is 43.7 Å². The van der Waals surface area contributed by atoms with Crippen molar-refractivity contribution in [1.29, 1.82) is 0 Å². The lowest BCUT2D eigenvalue weighted by Crippen LogP contribution is -2.47. The van der Waals surface area contributed by atoms with Crippen LogP contribution < -0.4 is 20.7 Å². The largest absolute Gasteiger partial charge is 0.495 e. The van der Waals surface area contributed by atoms with Gasteiger partial charge in [0.15, 0.2) is 0 Å². The first-order chi connectivity index (χ1) is 15.4. The number of carbonyl (C=O) groups excluding carboxylic acids is 3. The maximum Gasteiger partial charge on any atom is 0.337 e.